The molecule has 1 amide bonds. The lowest BCUT2D eigenvalue weighted by Gasteiger charge is -2.09. The third-order valence-corrected chi connectivity index (χ3v) is 5.48. The van der Waals surface area contributed by atoms with Gasteiger partial charge >= 0.3 is 11.5 Å². The van der Waals surface area contributed by atoms with E-state index in [1.54, 1.807) is 35.3 Å². The number of carbonyl (C=O) groups excluding carboxylic acids is 1. The molecule has 38 heavy (non-hydrogen) atoms. The number of carboxylic acid groups (broad SMARTS) is 1. The summed E-state index contributed by atoms with van der Waals surface area (Å²) in [5.74, 6) is -0.454. The largest absolute Gasteiger partial charge is 0.473 e. The van der Waals surface area contributed by atoms with E-state index in [4.69, 9.17) is 15.6 Å². The molecule has 0 radical (unpaired) electrons. The molecule has 0 unspecified atom stereocenters. The summed E-state index contributed by atoms with van der Waals surface area (Å²) in [5.41, 5.74) is 7.23. The van der Waals surface area contributed by atoms with Crippen molar-refractivity contribution < 1.29 is 27.9 Å². The molecule has 4 N–H and O–H groups in total. The van der Waals surface area contributed by atoms with Gasteiger partial charge in [-0.05, 0) is 24.3 Å². The van der Waals surface area contributed by atoms with Crippen LogP contribution in [0.3, 0.4) is 0 Å². The summed E-state index contributed by atoms with van der Waals surface area (Å²) < 4.78 is 40.1. The molecule has 0 saturated heterocycles. The summed E-state index contributed by atoms with van der Waals surface area (Å²) in [6, 6.07) is 8.03. The predicted octanol–water partition coefficient (Wildman–Crippen LogP) is 6.19. The number of nitrogen functional groups attached to an aromatic ring is 1. The number of fused-ring (bicyclic) bond motifs is 1. The van der Waals surface area contributed by atoms with Crippen molar-refractivity contribution in [2.45, 2.75) is 38.3 Å². The minimum absolute atomic E-state index is 0.187. The van der Waals surface area contributed by atoms with Crippen LogP contribution in [0, 0.1) is 0 Å². The zero-order valence-electron chi connectivity index (χ0n) is 20.0. The van der Waals surface area contributed by atoms with Gasteiger partial charge in [-0.2, -0.15) is 13.2 Å². The van der Waals surface area contributed by atoms with Crippen molar-refractivity contribution in [2.24, 2.45) is 0 Å². The van der Waals surface area contributed by atoms with Crippen molar-refractivity contribution in [3.05, 3.63) is 72.4 Å². The molecule has 0 aliphatic heterocycles. The molecule has 1 aromatic carbocycles. The highest BCUT2D eigenvalue weighted by Crippen LogP contribution is 2.30. The Morgan fingerprint density at radius 1 is 0.974 bits per heavy atom. The number of imidazole rings is 1. The maximum absolute atomic E-state index is 12.8. The summed E-state index contributed by atoms with van der Waals surface area (Å²) in [7, 11) is 0. The normalized spacial score (nSPS) is 12.6. The van der Waals surface area contributed by atoms with Crippen molar-refractivity contribution in [1.29, 1.82) is 0 Å². The Balaban J connectivity index is 0.000000380. The van der Waals surface area contributed by atoms with Crippen LogP contribution < -0.4 is 11.1 Å². The number of nitrogens with one attached hydrogen (secondary N) is 1. The molecule has 3 aromatic heterocycles. The maximum Gasteiger partial charge on any atom is 0.416 e. The number of aromatic nitrogens is 4. The second-order valence-electron chi connectivity index (χ2n) is 8.17. The quantitative estimate of drug-likeness (QED) is 0.225. The number of hydrogen-bond donors (Lipinski definition) is 4. The van der Waals surface area contributed by atoms with Gasteiger partial charge in [0, 0.05) is 29.7 Å². The standard InChI is InChI=1S/C19H13F3N6O.C5H10.CH2O2S/c20-19(21,22)13-5-6-24-14(9-13)27-18(29)12-3-1-11(2-4-12)15-16-17(23)25-7-8-28(16)10-26-15;1-2-4-5-3-1;2-1(3)4/h1-10H,(H2,23,25)(H,24,27,29);1-5H2;4H,(H,2,3). The SMILES string of the molecule is C1CCCC1.Nc1nccn2cnc(-c3ccc(C(=O)Nc4cc(C(F)(F)F)ccn4)cc3)c12.O=C(O)S. The van der Waals surface area contributed by atoms with Crippen molar-refractivity contribution in [3.8, 4) is 11.3 Å². The summed E-state index contributed by atoms with van der Waals surface area (Å²) >= 11 is 2.88. The lowest BCUT2D eigenvalue weighted by molar-refractivity contribution is -0.137. The topological polar surface area (TPSA) is 136 Å². The Morgan fingerprint density at radius 3 is 2.16 bits per heavy atom. The minimum atomic E-state index is -4.52. The molecule has 0 atom stereocenters. The molecule has 13 heteroatoms. The second kappa shape index (κ2) is 12.9. The fraction of sp³-hybridized carbons (Fsp3) is 0.240. The average Bonchev–Trinajstić information content (AvgIpc) is 3.58. The lowest BCUT2D eigenvalue weighted by atomic mass is 10.1. The summed E-state index contributed by atoms with van der Waals surface area (Å²) in [6.45, 7) is 0. The van der Waals surface area contributed by atoms with Crippen molar-refractivity contribution >= 4 is 41.0 Å². The highest BCUT2D eigenvalue weighted by Gasteiger charge is 2.30. The smallest absolute Gasteiger partial charge is 0.416 e. The molecule has 0 bridgehead atoms. The van der Waals surface area contributed by atoms with Crippen molar-refractivity contribution in [1.82, 2.24) is 19.4 Å². The van der Waals surface area contributed by atoms with Crippen LogP contribution in [0.2, 0.25) is 0 Å². The molecular weight excluding hydrogens is 521 g/mol. The Hall–Kier alpha value is -4.13. The Labute approximate surface area is 221 Å². The first-order valence-electron chi connectivity index (χ1n) is 11.5. The van der Waals surface area contributed by atoms with Gasteiger partial charge in [-0.1, -0.05) is 56.9 Å². The van der Waals surface area contributed by atoms with Gasteiger partial charge in [-0.3, -0.25) is 4.79 Å². The van der Waals surface area contributed by atoms with E-state index in [2.05, 4.69) is 32.9 Å². The average molecular weight is 547 g/mol. The van der Waals surface area contributed by atoms with Gasteiger partial charge in [0.15, 0.2) is 0 Å². The molecule has 1 saturated carbocycles. The van der Waals surface area contributed by atoms with Crippen LogP contribution in [0.15, 0.2) is 61.3 Å². The van der Waals surface area contributed by atoms with Crippen LogP contribution >= 0.6 is 12.6 Å². The number of carbonyl (C=O) groups is 2. The van der Waals surface area contributed by atoms with Gasteiger partial charge in [0.25, 0.3) is 5.91 Å². The number of halogens is 3. The number of thiol groups is 1. The molecule has 4 aromatic rings. The van der Waals surface area contributed by atoms with E-state index in [1.807, 2.05) is 0 Å². The van der Waals surface area contributed by atoms with E-state index in [0.29, 0.717) is 22.6 Å². The number of nitrogens with zero attached hydrogens (tertiary/aromatic N) is 4. The minimum Gasteiger partial charge on any atom is -0.473 e. The first kappa shape index (κ1) is 28.4. The van der Waals surface area contributed by atoms with Crippen LogP contribution in [0.1, 0.15) is 48.0 Å². The molecule has 5 rings (SSSR count). The van der Waals surface area contributed by atoms with E-state index in [0.717, 1.165) is 18.3 Å². The third-order valence-electron chi connectivity index (χ3n) is 5.48. The van der Waals surface area contributed by atoms with Crippen LogP contribution in [-0.4, -0.2) is 35.7 Å². The van der Waals surface area contributed by atoms with Gasteiger partial charge in [0.2, 0.25) is 0 Å². The molecular formula is C25H25F3N6O3S. The van der Waals surface area contributed by atoms with Crippen LogP contribution in [-0.2, 0) is 6.18 Å². The first-order valence-corrected chi connectivity index (χ1v) is 11.9. The fourth-order valence-corrected chi connectivity index (χ4v) is 3.71. The molecule has 0 spiro atoms. The zero-order valence-corrected chi connectivity index (χ0v) is 20.9. The van der Waals surface area contributed by atoms with Gasteiger partial charge in [0.1, 0.15) is 23.5 Å². The van der Waals surface area contributed by atoms with Crippen LogP contribution in [0.25, 0.3) is 16.8 Å². The maximum atomic E-state index is 12.8. The predicted molar refractivity (Wildman–Crippen MR) is 140 cm³/mol. The number of anilines is 2. The fourth-order valence-electron chi connectivity index (χ4n) is 3.71. The van der Waals surface area contributed by atoms with Crippen molar-refractivity contribution in [2.75, 3.05) is 11.1 Å². The number of nitrogens with two attached hydrogens (primary N) is 1. The monoisotopic (exact) mass is 546 g/mol. The van der Waals surface area contributed by atoms with Crippen LogP contribution in [0.5, 0.6) is 0 Å². The summed E-state index contributed by atoms with van der Waals surface area (Å²) in [6.07, 6.45) is 8.84. The van der Waals surface area contributed by atoms with Gasteiger partial charge in [-0.25, -0.2) is 19.7 Å². The third kappa shape index (κ3) is 7.93. The summed E-state index contributed by atoms with van der Waals surface area (Å²) in [5, 5.41) is 8.51. The number of hydrogen-bond acceptors (Lipinski definition) is 6. The Morgan fingerprint density at radius 2 is 1.58 bits per heavy atom. The van der Waals surface area contributed by atoms with E-state index in [9.17, 15) is 18.0 Å². The molecule has 3 heterocycles. The van der Waals surface area contributed by atoms with E-state index in [1.165, 1.54) is 44.2 Å². The number of rotatable bonds is 3. The van der Waals surface area contributed by atoms with Gasteiger partial charge in [0.05, 0.1) is 11.3 Å². The van der Waals surface area contributed by atoms with Crippen LogP contribution in [0.4, 0.5) is 29.6 Å². The van der Waals surface area contributed by atoms with E-state index >= 15 is 0 Å². The second-order valence-corrected chi connectivity index (χ2v) is 8.55. The number of amides is 1. The molecule has 200 valence electrons. The van der Waals surface area contributed by atoms with E-state index < -0.39 is 22.9 Å². The molecule has 9 nitrogen and oxygen atoms in total. The van der Waals surface area contributed by atoms with Gasteiger partial charge < -0.3 is 20.6 Å². The van der Waals surface area contributed by atoms with E-state index in [-0.39, 0.29) is 11.4 Å². The number of benzene rings is 1. The summed E-state index contributed by atoms with van der Waals surface area (Å²) in [4.78, 5) is 33.4. The Bertz CT molecular complexity index is 1380. The number of pyridine rings is 1. The molecule has 1 aliphatic rings. The highest BCUT2D eigenvalue weighted by atomic mass is 32.1. The molecule has 1 aliphatic carbocycles. The number of alkyl halides is 3. The van der Waals surface area contributed by atoms with Gasteiger partial charge in [-0.15, -0.1) is 0 Å². The molecule has 1 fully saturated rings. The lowest BCUT2D eigenvalue weighted by Crippen LogP contribution is -2.14. The first-order chi connectivity index (χ1) is 18.1. The Kier molecular flexibility index (Phi) is 9.66. The van der Waals surface area contributed by atoms with Crippen molar-refractivity contribution in [3.63, 3.8) is 0 Å². The zero-order chi connectivity index (χ0) is 27.7. The highest BCUT2D eigenvalue weighted by molar-refractivity contribution is 7.96.